The summed E-state index contributed by atoms with van der Waals surface area (Å²) < 4.78 is 5.60. The van der Waals surface area contributed by atoms with Crippen molar-refractivity contribution in [3.8, 4) is 0 Å². The lowest BCUT2D eigenvalue weighted by Gasteiger charge is -2.29. The molecule has 0 aliphatic carbocycles. The van der Waals surface area contributed by atoms with Gasteiger partial charge < -0.3 is 15.4 Å². The summed E-state index contributed by atoms with van der Waals surface area (Å²) in [5, 5.41) is 0. The highest BCUT2D eigenvalue weighted by molar-refractivity contribution is 5.97. The van der Waals surface area contributed by atoms with Crippen LogP contribution in [0.15, 0.2) is 24.3 Å². The van der Waals surface area contributed by atoms with Crippen LogP contribution in [0.3, 0.4) is 0 Å². The second kappa shape index (κ2) is 6.57. The van der Waals surface area contributed by atoms with Gasteiger partial charge in [-0.3, -0.25) is 4.79 Å². The maximum atomic E-state index is 12.6. The van der Waals surface area contributed by atoms with Crippen molar-refractivity contribution in [3.63, 3.8) is 0 Å². The maximum absolute atomic E-state index is 12.6. The molecule has 1 aromatic carbocycles. The van der Waals surface area contributed by atoms with Crippen molar-refractivity contribution in [3.05, 3.63) is 24.3 Å². The second-order valence-corrected chi connectivity index (χ2v) is 4.94. The van der Waals surface area contributed by atoms with E-state index in [1.54, 1.807) is 4.90 Å². The number of nitrogens with zero attached hydrogens (tertiary/aromatic N) is 1. The van der Waals surface area contributed by atoms with E-state index >= 15 is 0 Å². The molecule has 2 rings (SSSR count). The quantitative estimate of drug-likeness (QED) is 0.848. The molecule has 1 unspecified atom stereocenters. The topological polar surface area (TPSA) is 55.6 Å². The Morgan fingerprint density at radius 3 is 2.95 bits per heavy atom. The van der Waals surface area contributed by atoms with Gasteiger partial charge in [0.25, 0.3) is 5.91 Å². The van der Waals surface area contributed by atoms with E-state index in [-0.39, 0.29) is 12.0 Å². The van der Waals surface area contributed by atoms with Crippen LogP contribution in [0.2, 0.25) is 0 Å². The zero-order chi connectivity index (χ0) is 13.7. The normalized spacial score (nSPS) is 19.1. The summed E-state index contributed by atoms with van der Waals surface area (Å²) in [6.45, 7) is 3.45. The van der Waals surface area contributed by atoms with Crippen LogP contribution in [0.5, 0.6) is 0 Å². The van der Waals surface area contributed by atoms with Gasteiger partial charge in [0.05, 0.1) is 0 Å². The molecule has 1 fully saturated rings. The average molecular weight is 262 g/mol. The second-order valence-electron chi connectivity index (χ2n) is 4.94. The summed E-state index contributed by atoms with van der Waals surface area (Å²) in [5.41, 5.74) is 7.34. The Bertz CT molecular complexity index is 428. The Hall–Kier alpha value is -1.55. The van der Waals surface area contributed by atoms with Crippen molar-refractivity contribution in [2.75, 3.05) is 23.8 Å². The molecule has 104 valence electrons. The number of carbonyl (C=O) groups excluding carboxylic acids is 1. The lowest BCUT2D eigenvalue weighted by atomic mass is 10.1. The lowest BCUT2D eigenvalue weighted by molar-refractivity contribution is -0.132. The first-order chi connectivity index (χ1) is 9.22. The van der Waals surface area contributed by atoms with Crippen LogP contribution < -0.4 is 10.6 Å². The van der Waals surface area contributed by atoms with Gasteiger partial charge in [-0.2, -0.15) is 0 Å². The smallest absolute Gasteiger partial charge is 0.256 e. The summed E-state index contributed by atoms with van der Waals surface area (Å²) in [6, 6.07) is 7.47. The number of ether oxygens (including phenoxy) is 1. The number of benzene rings is 1. The monoisotopic (exact) mass is 262 g/mol. The van der Waals surface area contributed by atoms with Crippen LogP contribution >= 0.6 is 0 Å². The fourth-order valence-electron chi connectivity index (χ4n) is 2.39. The molecule has 0 aromatic heterocycles. The number of anilines is 2. The Labute approximate surface area is 114 Å². The molecule has 4 heteroatoms. The number of nitrogen functional groups attached to an aromatic ring is 1. The van der Waals surface area contributed by atoms with Gasteiger partial charge in [0.1, 0.15) is 6.10 Å². The molecule has 1 aliphatic rings. The van der Waals surface area contributed by atoms with E-state index in [1.807, 2.05) is 24.3 Å². The Balaban J connectivity index is 2.16. The number of amides is 1. The van der Waals surface area contributed by atoms with Gasteiger partial charge in [-0.1, -0.05) is 13.0 Å². The number of rotatable bonds is 4. The molecular weight excluding hydrogens is 240 g/mol. The highest BCUT2D eigenvalue weighted by Crippen LogP contribution is 2.22. The lowest BCUT2D eigenvalue weighted by Crippen LogP contribution is -2.42. The minimum Gasteiger partial charge on any atom is -0.399 e. The maximum Gasteiger partial charge on any atom is 0.256 e. The van der Waals surface area contributed by atoms with E-state index in [9.17, 15) is 4.79 Å². The predicted molar refractivity (Wildman–Crippen MR) is 77.1 cm³/mol. The molecular formula is C15H22N2O2. The summed E-state index contributed by atoms with van der Waals surface area (Å²) in [7, 11) is 0. The zero-order valence-electron chi connectivity index (χ0n) is 11.5. The Kier molecular flexibility index (Phi) is 4.80. The highest BCUT2D eigenvalue weighted by Gasteiger charge is 2.27. The summed E-state index contributed by atoms with van der Waals surface area (Å²) in [5.74, 6) is 0.0622. The number of nitrogens with two attached hydrogens (primary N) is 1. The van der Waals surface area contributed by atoms with E-state index < -0.39 is 0 Å². The predicted octanol–water partition coefficient (Wildman–Crippen LogP) is 2.58. The molecule has 4 nitrogen and oxygen atoms in total. The zero-order valence-corrected chi connectivity index (χ0v) is 11.5. The number of hydrogen-bond donors (Lipinski definition) is 1. The van der Waals surface area contributed by atoms with Gasteiger partial charge in [-0.15, -0.1) is 0 Å². The van der Waals surface area contributed by atoms with E-state index in [0.29, 0.717) is 18.8 Å². The standard InChI is InChI=1S/C15H22N2O2/c1-2-9-17(13-7-5-6-12(16)11-13)15(18)14-8-3-4-10-19-14/h5-7,11,14H,2-4,8-10,16H2,1H3. The van der Waals surface area contributed by atoms with Crippen LogP contribution in [0.4, 0.5) is 11.4 Å². The number of carbonyl (C=O) groups is 1. The molecule has 1 atom stereocenters. The van der Waals surface area contributed by atoms with Gasteiger partial charge in [0.15, 0.2) is 0 Å². The van der Waals surface area contributed by atoms with Crippen LogP contribution in [0.1, 0.15) is 32.6 Å². The van der Waals surface area contributed by atoms with E-state index in [4.69, 9.17) is 10.5 Å². The summed E-state index contributed by atoms with van der Waals surface area (Å²) >= 11 is 0. The fourth-order valence-corrected chi connectivity index (χ4v) is 2.39. The summed E-state index contributed by atoms with van der Waals surface area (Å²) in [4.78, 5) is 14.4. The molecule has 1 aromatic rings. The minimum absolute atomic E-state index is 0.0622. The molecule has 0 bridgehead atoms. The van der Waals surface area contributed by atoms with Crippen LogP contribution in [0.25, 0.3) is 0 Å². The van der Waals surface area contributed by atoms with Gasteiger partial charge in [-0.05, 0) is 43.9 Å². The summed E-state index contributed by atoms with van der Waals surface area (Å²) in [6.07, 6.45) is 3.55. The molecule has 1 saturated heterocycles. The Morgan fingerprint density at radius 1 is 1.47 bits per heavy atom. The average Bonchev–Trinajstić information content (AvgIpc) is 2.45. The van der Waals surface area contributed by atoms with Crippen LogP contribution in [-0.2, 0) is 9.53 Å². The molecule has 2 N–H and O–H groups in total. The minimum atomic E-state index is -0.290. The van der Waals surface area contributed by atoms with Gasteiger partial charge in [0, 0.05) is 24.5 Å². The Morgan fingerprint density at radius 2 is 2.32 bits per heavy atom. The van der Waals surface area contributed by atoms with E-state index in [0.717, 1.165) is 31.4 Å². The van der Waals surface area contributed by atoms with Gasteiger partial charge >= 0.3 is 0 Å². The molecule has 1 aliphatic heterocycles. The van der Waals surface area contributed by atoms with Crippen molar-refractivity contribution in [2.45, 2.75) is 38.7 Å². The highest BCUT2D eigenvalue weighted by atomic mass is 16.5. The third kappa shape index (κ3) is 3.47. The van der Waals surface area contributed by atoms with Gasteiger partial charge in [0.2, 0.25) is 0 Å². The SMILES string of the molecule is CCCN(C(=O)C1CCCCO1)c1cccc(N)c1. The third-order valence-electron chi connectivity index (χ3n) is 3.35. The number of hydrogen-bond acceptors (Lipinski definition) is 3. The fraction of sp³-hybridized carbons (Fsp3) is 0.533. The van der Waals surface area contributed by atoms with Crippen molar-refractivity contribution < 1.29 is 9.53 Å². The van der Waals surface area contributed by atoms with Crippen molar-refractivity contribution in [1.82, 2.24) is 0 Å². The van der Waals surface area contributed by atoms with E-state index in [2.05, 4.69) is 6.92 Å². The van der Waals surface area contributed by atoms with Gasteiger partial charge in [-0.25, -0.2) is 0 Å². The molecule has 19 heavy (non-hydrogen) atoms. The molecule has 1 amide bonds. The van der Waals surface area contributed by atoms with Crippen molar-refractivity contribution in [1.29, 1.82) is 0 Å². The first-order valence-corrected chi connectivity index (χ1v) is 7.01. The molecule has 0 radical (unpaired) electrons. The third-order valence-corrected chi connectivity index (χ3v) is 3.35. The van der Waals surface area contributed by atoms with Crippen molar-refractivity contribution in [2.24, 2.45) is 0 Å². The molecule has 0 saturated carbocycles. The first kappa shape index (κ1) is 13.9. The van der Waals surface area contributed by atoms with Crippen LogP contribution in [0, 0.1) is 0 Å². The first-order valence-electron chi connectivity index (χ1n) is 7.01. The van der Waals surface area contributed by atoms with Crippen molar-refractivity contribution >= 4 is 17.3 Å². The van der Waals surface area contributed by atoms with E-state index in [1.165, 1.54) is 0 Å². The van der Waals surface area contributed by atoms with Crippen LogP contribution in [-0.4, -0.2) is 25.2 Å². The molecule has 0 spiro atoms. The largest absolute Gasteiger partial charge is 0.399 e. The molecule has 1 heterocycles.